The summed E-state index contributed by atoms with van der Waals surface area (Å²) in [4.78, 5) is 12.4. The molecule has 1 saturated carbocycles. The van der Waals surface area contributed by atoms with Gasteiger partial charge >= 0.3 is 0 Å². The number of nitrogens with one attached hydrogen (secondary N) is 2. The summed E-state index contributed by atoms with van der Waals surface area (Å²) in [7, 11) is 3.12. The van der Waals surface area contributed by atoms with Gasteiger partial charge in [0.1, 0.15) is 17.3 Å². The standard InChI is InChI=1S/C23H22Cl2FN3O2S.C2H6/c1-12-4-7-18(17(26)8-12)27-23-22(19(31-3)11-21(30)29(23)2)28-32-20-10-15(20)14-6-5-13(24)9-16(14)25;1-2/h4-9,11,15,20,27-28H,10H2,1-3H3;1-2H3. The highest BCUT2D eigenvalue weighted by Gasteiger charge is 2.40. The summed E-state index contributed by atoms with van der Waals surface area (Å²) in [6.07, 6.45) is 0.947. The minimum atomic E-state index is -0.404. The Balaban J connectivity index is 0.00000158. The van der Waals surface area contributed by atoms with Gasteiger partial charge in [0.15, 0.2) is 5.75 Å². The van der Waals surface area contributed by atoms with Crippen LogP contribution in [0.4, 0.5) is 21.6 Å². The molecule has 5 nitrogen and oxygen atoms in total. The molecule has 0 radical (unpaired) electrons. The van der Waals surface area contributed by atoms with Gasteiger partial charge in [-0.1, -0.05) is 49.2 Å². The van der Waals surface area contributed by atoms with Gasteiger partial charge in [0.2, 0.25) is 0 Å². The third-order valence-corrected chi connectivity index (χ3v) is 7.12. The highest BCUT2D eigenvalue weighted by Crippen LogP contribution is 2.52. The van der Waals surface area contributed by atoms with Crippen molar-refractivity contribution in [3.8, 4) is 5.75 Å². The van der Waals surface area contributed by atoms with Gasteiger partial charge in [0, 0.05) is 34.3 Å². The predicted molar refractivity (Wildman–Crippen MR) is 143 cm³/mol. The third kappa shape index (κ3) is 5.82. The zero-order valence-corrected chi connectivity index (χ0v) is 22.0. The number of hydrogen-bond donors (Lipinski definition) is 2. The van der Waals surface area contributed by atoms with E-state index in [2.05, 4.69) is 10.0 Å². The third-order valence-electron chi connectivity index (χ3n) is 5.41. The Morgan fingerprint density at radius 3 is 2.53 bits per heavy atom. The fraction of sp³-hybridized carbons (Fsp3) is 0.320. The van der Waals surface area contributed by atoms with Gasteiger partial charge in [0.25, 0.3) is 5.56 Å². The molecular formula is C25H28Cl2FN3O2S. The summed E-state index contributed by atoms with van der Waals surface area (Å²) in [6, 6.07) is 11.8. The second kappa shape index (κ2) is 11.4. The maximum atomic E-state index is 14.5. The first-order valence-electron chi connectivity index (χ1n) is 11.0. The van der Waals surface area contributed by atoms with Crippen molar-refractivity contribution in [1.82, 2.24) is 4.57 Å². The minimum absolute atomic E-state index is 0.268. The number of aromatic nitrogens is 1. The number of nitrogens with zero attached hydrogens (tertiary/aromatic N) is 1. The van der Waals surface area contributed by atoms with Crippen molar-refractivity contribution in [2.75, 3.05) is 17.1 Å². The van der Waals surface area contributed by atoms with E-state index in [0.29, 0.717) is 33.2 Å². The maximum Gasteiger partial charge on any atom is 0.255 e. The second-order valence-corrected chi connectivity index (χ2v) is 9.60. The molecule has 2 unspecified atom stereocenters. The van der Waals surface area contributed by atoms with Crippen molar-refractivity contribution >= 4 is 52.3 Å². The van der Waals surface area contributed by atoms with Crippen LogP contribution < -0.4 is 20.3 Å². The lowest BCUT2D eigenvalue weighted by molar-refractivity contribution is 0.415. The zero-order chi connectivity index (χ0) is 25.0. The molecule has 0 bridgehead atoms. The molecule has 0 spiro atoms. The highest BCUT2D eigenvalue weighted by atomic mass is 35.5. The fourth-order valence-corrected chi connectivity index (χ4v) is 5.13. The Labute approximate surface area is 213 Å². The quantitative estimate of drug-likeness (QED) is 0.313. The summed E-state index contributed by atoms with van der Waals surface area (Å²) >= 11 is 13.9. The Morgan fingerprint density at radius 1 is 1.15 bits per heavy atom. The van der Waals surface area contributed by atoms with Crippen molar-refractivity contribution in [2.24, 2.45) is 7.05 Å². The molecule has 0 saturated heterocycles. The lowest BCUT2D eigenvalue weighted by Crippen LogP contribution is -2.20. The summed E-state index contributed by atoms with van der Waals surface area (Å²) in [5.41, 5.74) is 2.42. The van der Waals surface area contributed by atoms with E-state index >= 15 is 0 Å². The molecule has 1 aromatic heterocycles. The number of aryl methyl sites for hydroxylation is 1. The summed E-state index contributed by atoms with van der Waals surface area (Å²) in [6.45, 7) is 5.82. The molecule has 2 atom stereocenters. The number of halogens is 3. The van der Waals surface area contributed by atoms with Crippen molar-refractivity contribution in [3.05, 3.63) is 79.8 Å². The summed E-state index contributed by atoms with van der Waals surface area (Å²) in [5.74, 6) is 0.670. The van der Waals surface area contributed by atoms with Gasteiger partial charge < -0.3 is 14.8 Å². The topological polar surface area (TPSA) is 55.3 Å². The van der Waals surface area contributed by atoms with Gasteiger partial charge in [0.05, 0.1) is 12.8 Å². The van der Waals surface area contributed by atoms with E-state index < -0.39 is 5.82 Å². The smallest absolute Gasteiger partial charge is 0.255 e. The van der Waals surface area contributed by atoms with E-state index in [1.165, 1.54) is 35.8 Å². The number of benzene rings is 2. The number of pyridine rings is 1. The Hall–Kier alpha value is -2.35. The highest BCUT2D eigenvalue weighted by molar-refractivity contribution is 8.01. The molecule has 182 valence electrons. The van der Waals surface area contributed by atoms with Crippen molar-refractivity contribution < 1.29 is 9.13 Å². The Bertz CT molecular complexity index is 1240. The number of anilines is 3. The molecule has 34 heavy (non-hydrogen) atoms. The molecule has 3 aromatic rings. The van der Waals surface area contributed by atoms with Crippen LogP contribution in [0.25, 0.3) is 0 Å². The number of rotatable bonds is 7. The molecule has 0 aliphatic heterocycles. The van der Waals surface area contributed by atoms with E-state index in [0.717, 1.165) is 17.5 Å². The summed E-state index contributed by atoms with van der Waals surface area (Å²) < 4.78 is 24.7. The molecular weight excluding hydrogens is 496 g/mol. The molecule has 2 N–H and O–H groups in total. The van der Waals surface area contributed by atoms with Gasteiger partial charge in [-0.25, -0.2) is 4.39 Å². The molecule has 1 aliphatic rings. The average Bonchev–Trinajstić information content (AvgIpc) is 3.58. The first kappa shape index (κ1) is 26.3. The van der Waals surface area contributed by atoms with Crippen LogP contribution in [-0.2, 0) is 7.05 Å². The van der Waals surface area contributed by atoms with E-state index in [-0.39, 0.29) is 16.5 Å². The van der Waals surface area contributed by atoms with Crippen LogP contribution in [0.1, 0.15) is 37.3 Å². The Kier molecular flexibility index (Phi) is 8.79. The van der Waals surface area contributed by atoms with E-state index in [1.54, 1.807) is 25.2 Å². The first-order valence-corrected chi connectivity index (χ1v) is 12.6. The van der Waals surface area contributed by atoms with Crippen molar-refractivity contribution in [1.29, 1.82) is 0 Å². The van der Waals surface area contributed by atoms with E-state index in [4.69, 9.17) is 27.9 Å². The number of methoxy groups -OCH3 is 1. The van der Waals surface area contributed by atoms with Crippen LogP contribution in [0.15, 0.2) is 47.3 Å². The molecule has 0 amide bonds. The minimum Gasteiger partial charge on any atom is -0.494 e. The van der Waals surface area contributed by atoms with Crippen LogP contribution in [0.2, 0.25) is 10.0 Å². The van der Waals surface area contributed by atoms with Crippen LogP contribution >= 0.6 is 35.1 Å². The number of ether oxygens (including phenoxy) is 1. The van der Waals surface area contributed by atoms with Crippen LogP contribution in [0.5, 0.6) is 5.75 Å². The van der Waals surface area contributed by atoms with Gasteiger partial charge in [-0.05, 0) is 60.7 Å². The molecule has 4 rings (SSSR count). The molecule has 1 heterocycles. The molecule has 1 fully saturated rings. The van der Waals surface area contributed by atoms with Crippen LogP contribution in [0.3, 0.4) is 0 Å². The lowest BCUT2D eigenvalue weighted by Gasteiger charge is -2.19. The predicted octanol–water partition coefficient (Wildman–Crippen LogP) is 7.53. The van der Waals surface area contributed by atoms with Crippen molar-refractivity contribution in [2.45, 2.75) is 38.4 Å². The zero-order valence-electron chi connectivity index (χ0n) is 19.7. The van der Waals surface area contributed by atoms with Gasteiger partial charge in [-0.3, -0.25) is 9.36 Å². The monoisotopic (exact) mass is 523 g/mol. The van der Waals surface area contributed by atoms with E-state index in [1.807, 2.05) is 32.9 Å². The lowest BCUT2D eigenvalue weighted by atomic mass is 10.1. The summed E-state index contributed by atoms with van der Waals surface area (Å²) in [5, 5.41) is 4.59. The average molecular weight is 524 g/mol. The van der Waals surface area contributed by atoms with Crippen molar-refractivity contribution in [3.63, 3.8) is 0 Å². The van der Waals surface area contributed by atoms with Gasteiger partial charge in [-0.15, -0.1) is 0 Å². The largest absolute Gasteiger partial charge is 0.494 e. The maximum absolute atomic E-state index is 14.5. The number of hydrogen-bond acceptors (Lipinski definition) is 5. The fourth-order valence-electron chi connectivity index (χ4n) is 3.50. The molecule has 9 heteroatoms. The molecule has 1 aliphatic carbocycles. The second-order valence-electron chi connectivity index (χ2n) is 7.71. The normalized spacial score (nSPS) is 16.4. The van der Waals surface area contributed by atoms with E-state index in [9.17, 15) is 9.18 Å². The SMILES string of the molecule is CC.COc1cc(=O)n(C)c(Nc2ccc(C)cc2F)c1NSC1CC1c1ccc(Cl)cc1Cl. The molecule has 2 aromatic carbocycles. The Morgan fingerprint density at radius 2 is 1.88 bits per heavy atom. The van der Waals surface area contributed by atoms with Crippen LogP contribution in [0, 0.1) is 12.7 Å². The van der Waals surface area contributed by atoms with Gasteiger partial charge in [-0.2, -0.15) is 0 Å². The van der Waals surface area contributed by atoms with Crippen LogP contribution in [-0.4, -0.2) is 16.9 Å². The first-order chi connectivity index (χ1) is 16.3.